The summed E-state index contributed by atoms with van der Waals surface area (Å²) in [4.78, 5) is 27.7. The predicted molar refractivity (Wildman–Crippen MR) is 152 cm³/mol. The maximum atomic E-state index is 13.4. The van der Waals surface area contributed by atoms with Crippen molar-refractivity contribution in [1.29, 1.82) is 0 Å². The lowest BCUT2D eigenvalue weighted by atomic mass is 10.1. The van der Waals surface area contributed by atoms with Gasteiger partial charge in [-0.15, -0.1) is 0 Å². The summed E-state index contributed by atoms with van der Waals surface area (Å²) in [5, 5.41) is 3.67. The lowest BCUT2D eigenvalue weighted by Crippen LogP contribution is -2.48. The van der Waals surface area contributed by atoms with Gasteiger partial charge >= 0.3 is 0 Å². The minimum absolute atomic E-state index is 0.0446. The van der Waals surface area contributed by atoms with Crippen molar-refractivity contribution in [2.45, 2.75) is 59.5 Å². The molecule has 0 unspecified atom stereocenters. The molecule has 0 radical (unpaired) electrons. The van der Waals surface area contributed by atoms with E-state index < -0.39 is 16.1 Å². The maximum Gasteiger partial charge on any atom is 0.242 e. The molecular weight excluding hydrogens is 533 g/mol. The molecule has 1 atom stereocenters. The van der Waals surface area contributed by atoms with E-state index in [1.807, 2.05) is 32.9 Å². The Hall–Kier alpha value is -2.29. The number of nitrogens with zero attached hydrogens (tertiary/aromatic N) is 2. The van der Waals surface area contributed by atoms with E-state index in [1.165, 1.54) is 9.21 Å². The number of anilines is 1. The summed E-state index contributed by atoms with van der Waals surface area (Å²) in [6, 6.07) is 11.6. The van der Waals surface area contributed by atoms with Crippen LogP contribution in [0.1, 0.15) is 51.7 Å². The molecule has 0 spiro atoms. The molecule has 0 aliphatic carbocycles. The fourth-order valence-electron chi connectivity index (χ4n) is 3.79. The third-order valence-electron chi connectivity index (χ3n) is 6.03. The first-order valence-electron chi connectivity index (χ1n) is 12.4. The number of benzene rings is 2. The Morgan fingerprint density at radius 1 is 1.00 bits per heavy atom. The van der Waals surface area contributed by atoms with Gasteiger partial charge in [-0.25, -0.2) is 8.42 Å². The Labute approximate surface area is 231 Å². The van der Waals surface area contributed by atoms with Crippen LogP contribution in [0.2, 0.25) is 10.0 Å². The van der Waals surface area contributed by atoms with E-state index in [9.17, 15) is 18.0 Å². The second-order valence-corrected chi connectivity index (χ2v) is 12.2. The number of hydrogen-bond donors (Lipinski definition) is 1. The number of amides is 2. The molecule has 0 aromatic heterocycles. The molecule has 37 heavy (non-hydrogen) atoms. The molecule has 0 heterocycles. The first kappa shape index (κ1) is 30.9. The van der Waals surface area contributed by atoms with Crippen LogP contribution in [0.4, 0.5) is 5.69 Å². The van der Waals surface area contributed by atoms with Crippen LogP contribution < -0.4 is 9.62 Å². The number of halogens is 2. The van der Waals surface area contributed by atoms with Crippen molar-refractivity contribution in [1.82, 2.24) is 10.2 Å². The van der Waals surface area contributed by atoms with E-state index in [2.05, 4.69) is 5.32 Å². The smallest absolute Gasteiger partial charge is 0.242 e. The summed E-state index contributed by atoms with van der Waals surface area (Å²) in [7, 11) is -3.55. The Morgan fingerprint density at radius 3 is 2.11 bits per heavy atom. The molecule has 2 rings (SSSR count). The summed E-state index contributed by atoms with van der Waals surface area (Å²) in [6.07, 6.45) is 2.31. The highest BCUT2D eigenvalue weighted by Crippen LogP contribution is 2.27. The monoisotopic (exact) mass is 569 g/mol. The normalized spacial score (nSPS) is 12.3. The SMILES string of the molecule is CCc1ccc(N(CCCC(=O)N(Cc2c(Cl)cccc2Cl)[C@H](C)C(=O)NCC(C)C)S(C)(=O)=O)cc1. The van der Waals surface area contributed by atoms with Gasteiger partial charge in [-0.3, -0.25) is 13.9 Å². The zero-order valence-corrected chi connectivity index (χ0v) is 24.5. The number of nitrogens with one attached hydrogen (secondary N) is 1. The number of rotatable bonds is 13. The first-order valence-corrected chi connectivity index (χ1v) is 15.0. The van der Waals surface area contributed by atoms with Gasteiger partial charge < -0.3 is 10.2 Å². The van der Waals surface area contributed by atoms with Gasteiger partial charge in [-0.1, -0.05) is 62.2 Å². The van der Waals surface area contributed by atoms with E-state index in [0.29, 0.717) is 27.8 Å². The lowest BCUT2D eigenvalue weighted by Gasteiger charge is -2.30. The van der Waals surface area contributed by atoms with Crippen LogP contribution in [0, 0.1) is 5.92 Å². The largest absolute Gasteiger partial charge is 0.354 e. The number of sulfonamides is 1. The van der Waals surface area contributed by atoms with Gasteiger partial charge in [0.2, 0.25) is 21.8 Å². The fourth-order valence-corrected chi connectivity index (χ4v) is 5.27. The zero-order chi connectivity index (χ0) is 27.8. The van der Waals surface area contributed by atoms with E-state index in [0.717, 1.165) is 18.2 Å². The molecule has 0 aliphatic heterocycles. The van der Waals surface area contributed by atoms with E-state index >= 15 is 0 Å². The van der Waals surface area contributed by atoms with E-state index in [-0.39, 0.29) is 43.7 Å². The number of carbonyl (C=O) groups is 2. The molecule has 0 saturated carbocycles. The minimum Gasteiger partial charge on any atom is -0.354 e. The van der Waals surface area contributed by atoms with Crippen molar-refractivity contribution in [2.24, 2.45) is 5.92 Å². The van der Waals surface area contributed by atoms with Crippen LogP contribution in [0.5, 0.6) is 0 Å². The van der Waals surface area contributed by atoms with Crippen molar-refractivity contribution in [3.63, 3.8) is 0 Å². The first-order chi connectivity index (χ1) is 17.3. The van der Waals surface area contributed by atoms with Crippen LogP contribution in [-0.2, 0) is 32.6 Å². The minimum atomic E-state index is -3.55. The van der Waals surface area contributed by atoms with Crippen molar-refractivity contribution in [3.8, 4) is 0 Å². The van der Waals surface area contributed by atoms with Gasteiger partial charge in [-0.05, 0) is 55.5 Å². The molecule has 0 bridgehead atoms. The highest BCUT2D eigenvalue weighted by atomic mass is 35.5. The second-order valence-electron chi connectivity index (χ2n) is 9.50. The quantitative estimate of drug-likeness (QED) is 0.355. The van der Waals surface area contributed by atoms with Crippen LogP contribution in [0.25, 0.3) is 0 Å². The van der Waals surface area contributed by atoms with Crippen LogP contribution in [0.15, 0.2) is 42.5 Å². The van der Waals surface area contributed by atoms with E-state index in [4.69, 9.17) is 23.2 Å². The number of carbonyl (C=O) groups excluding carboxylic acids is 2. The Bertz CT molecular complexity index is 1150. The van der Waals surface area contributed by atoms with Crippen molar-refractivity contribution >= 4 is 50.7 Å². The topological polar surface area (TPSA) is 86.8 Å². The Kier molecular flexibility index (Phi) is 11.7. The third-order valence-corrected chi connectivity index (χ3v) is 7.93. The Balaban J connectivity index is 2.21. The number of hydrogen-bond acceptors (Lipinski definition) is 4. The highest BCUT2D eigenvalue weighted by Gasteiger charge is 2.28. The van der Waals surface area contributed by atoms with Crippen LogP contribution in [-0.4, -0.2) is 50.5 Å². The third kappa shape index (κ3) is 9.20. The van der Waals surface area contributed by atoms with Gasteiger partial charge in [0.15, 0.2) is 0 Å². The molecule has 2 aromatic rings. The molecular formula is C27H37Cl2N3O4S. The van der Waals surface area contributed by atoms with Crippen molar-refractivity contribution in [2.75, 3.05) is 23.7 Å². The van der Waals surface area contributed by atoms with Crippen molar-refractivity contribution < 1.29 is 18.0 Å². The standard InChI is InChI=1S/C27H37Cl2N3O4S/c1-6-21-12-14-22(15-13-21)32(37(5,35)36)16-8-11-26(33)31(20(4)27(34)30-17-19(2)3)18-23-24(28)9-7-10-25(23)29/h7,9-10,12-15,19-20H,6,8,11,16-18H2,1-5H3,(H,30,34)/t20-/m1/s1. The maximum absolute atomic E-state index is 13.4. The lowest BCUT2D eigenvalue weighted by molar-refractivity contribution is -0.140. The van der Waals surface area contributed by atoms with Gasteiger partial charge in [0.1, 0.15) is 6.04 Å². The summed E-state index contributed by atoms with van der Waals surface area (Å²) in [5.74, 6) is -0.316. The molecule has 0 aliphatic rings. The second kappa shape index (κ2) is 14.0. The number of aryl methyl sites for hydroxylation is 1. The molecule has 10 heteroatoms. The van der Waals surface area contributed by atoms with Crippen molar-refractivity contribution in [3.05, 3.63) is 63.6 Å². The summed E-state index contributed by atoms with van der Waals surface area (Å²) in [6.45, 7) is 8.34. The summed E-state index contributed by atoms with van der Waals surface area (Å²) >= 11 is 12.7. The average molecular weight is 571 g/mol. The molecule has 0 saturated heterocycles. The van der Waals surface area contributed by atoms with Gasteiger partial charge in [0, 0.05) is 41.7 Å². The highest BCUT2D eigenvalue weighted by molar-refractivity contribution is 7.92. The Morgan fingerprint density at radius 2 is 1.59 bits per heavy atom. The molecule has 204 valence electrons. The van der Waals surface area contributed by atoms with Crippen LogP contribution in [0.3, 0.4) is 0 Å². The van der Waals surface area contributed by atoms with Gasteiger partial charge in [0.05, 0.1) is 11.9 Å². The average Bonchev–Trinajstić information content (AvgIpc) is 2.83. The van der Waals surface area contributed by atoms with E-state index in [1.54, 1.807) is 37.3 Å². The molecule has 7 nitrogen and oxygen atoms in total. The fraction of sp³-hybridized carbons (Fsp3) is 0.481. The van der Waals surface area contributed by atoms with Crippen LogP contribution >= 0.6 is 23.2 Å². The van der Waals surface area contributed by atoms with Gasteiger partial charge in [-0.2, -0.15) is 0 Å². The molecule has 2 aromatic carbocycles. The summed E-state index contributed by atoms with van der Waals surface area (Å²) < 4.78 is 26.3. The molecule has 1 N–H and O–H groups in total. The predicted octanol–water partition coefficient (Wildman–Crippen LogP) is 5.29. The molecule has 0 fully saturated rings. The zero-order valence-electron chi connectivity index (χ0n) is 22.1. The van der Waals surface area contributed by atoms with Gasteiger partial charge in [0.25, 0.3) is 0 Å². The summed E-state index contributed by atoms with van der Waals surface area (Å²) in [5.41, 5.74) is 2.20. The molecule has 2 amide bonds.